The first-order valence-electron chi connectivity index (χ1n) is 10.2. The van der Waals surface area contributed by atoms with E-state index in [0.717, 1.165) is 56.0 Å². The molecular weight excluding hydrogens is 533 g/mol. The Morgan fingerprint density at radius 1 is 1.21 bits per heavy atom. The largest absolute Gasteiger partial charge is 0.381 e. The first kappa shape index (κ1) is 22.3. The lowest BCUT2D eigenvalue weighted by Crippen LogP contribution is -2.48. The highest BCUT2D eigenvalue weighted by atomic mass is 127. The summed E-state index contributed by atoms with van der Waals surface area (Å²) in [5.41, 5.74) is 1.41. The van der Waals surface area contributed by atoms with E-state index in [1.165, 1.54) is 18.4 Å². The highest BCUT2D eigenvalue weighted by Gasteiger charge is 2.41. The second-order valence-electron chi connectivity index (χ2n) is 7.96. The van der Waals surface area contributed by atoms with Crippen molar-refractivity contribution < 1.29 is 9.47 Å². The number of hydrogen-bond acceptors (Lipinski definition) is 3. The molecule has 3 fully saturated rings. The number of nitrogens with zero attached hydrogens (tertiary/aromatic N) is 1. The third-order valence-corrected chi connectivity index (χ3v) is 6.75. The van der Waals surface area contributed by atoms with E-state index in [1.54, 1.807) is 0 Å². The summed E-state index contributed by atoms with van der Waals surface area (Å²) in [6.45, 7) is 5.36. The molecule has 7 heteroatoms. The molecule has 0 spiro atoms. The van der Waals surface area contributed by atoms with Gasteiger partial charge in [-0.25, -0.2) is 0 Å². The summed E-state index contributed by atoms with van der Waals surface area (Å²) in [6.07, 6.45) is 6.29. The second kappa shape index (κ2) is 10.1. The van der Waals surface area contributed by atoms with Gasteiger partial charge in [-0.3, -0.25) is 4.99 Å². The van der Waals surface area contributed by atoms with Crippen molar-refractivity contribution in [3.63, 3.8) is 0 Å². The zero-order chi connectivity index (χ0) is 18.7. The summed E-state index contributed by atoms with van der Waals surface area (Å²) in [5, 5.41) is 7.07. The molecule has 0 aliphatic carbocycles. The SMILES string of the molecule is CCNC(=NCC1(c2ccc(Br)cc2)CCOCC1)NC1CC2CCC1O2.I. The molecule has 3 unspecified atom stereocenters. The average molecular weight is 564 g/mol. The van der Waals surface area contributed by atoms with Gasteiger partial charge in [-0.15, -0.1) is 24.0 Å². The second-order valence-corrected chi connectivity index (χ2v) is 8.87. The number of ether oxygens (including phenoxy) is 2. The van der Waals surface area contributed by atoms with Crippen molar-refractivity contribution in [2.45, 2.75) is 62.7 Å². The highest BCUT2D eigenvalue weighted by Crippen LogP contribution is 2.36. The predicted octanol–water partition coefficient (Wildman–Crippen LogP) is 3.99. The van der Waals surface area contributed by atoms with Gasteiger partial charge in [-0.2, -0.15) is 0 Å². The van der Waals surface area contributed by atoms with Gasteiger partial charge in [0.25, 0.3) is 0 Å². The fourth-order valence-corrected chi connectivity index (χ4v) is 4.88. The third kappa shape index (κ3) is 5.02. The van der Waals surface area contributed by atoms with Crippen LogP contribution in [0.3, 0.4) is 0 Å². The van der Waals surface area contributed by atoms with Crippen molar-refractivity contribution in [3.8, 4) is 0 Å². The Bertz CT molecular complexity index is 664. The van der Waals surface area contributed by atoms with Gasteiger partial charge in [0, 0.05) is 29.6 Å². The predicted molar refractivity (Wildman–Crippen MR) is 127 cm³/mol. The van der Waals surface area contributed by atoms with Crippen LogP contribution in [0.25, 0.3) is 0 Å². The molecule has 0 aromatic heterocycles. The molecule has 5 nitrogen and oxygen atoms in total. The van der Waals surface area contributed by atoms with Crippen LogP contribution >= 0.6 is 39.9 Å². The van der Waals surface area contributed by atoms with Crippen molar-refractivity contribution >= 4 is 45.9 Å². The molecule has 1 aromatic rings. The summed E-state index contributed by atoms with van der Waals surface area (Å²) in [7, 11) is 0. The Morgan fingerprint density at radius 3 is 2.57 bits per heavy atom. The molecular formula is C21H31BrIN3O2. The van der Waals surface area contributed by atoms with Crippen LogP contribution in [0.4, 0.5) is 0 Å². The molecule has 3 aliphatic heterocycles. The summed E-state index contributed by atoms with van der Waals surface area (Å²) in [6, 6.07) is 9.11. The van der Waals surface area contributed by atoms with Crippen LogP contribution in [-0.4, -0.2) is 50.5 Å². The summed E-state index contributed by atoms with van der Waals surface area (Å²) >= 11 is 3.55. The molecule has 3 aliphatic rings. The van der Waals surface area contributed by atoms with Gasteiger partial charge in [0.2, 0.25) is 0 Å². The van der Waals surface area contributed by atoms with E-state index in [0.29, 0.717) is 18.2 Å². The van der Waals surface area contributed by atoms with Crippen LogP contribution in [0, 0.1) is 0 Å². The number of aliphatic imine (C=N–C) groups is 1. The van der Waals surface area contributed by atoms with Crippen LogP contribution in [0.1, 0.15) is 44.6 Å². The lowest BCUT2D eigenvalue weighted by Gasteiger charge is -2.37. The van der Waals surface area contributed by atoms with Gasteiger partial charge >= 0.3 is 0 Å². The maximum Gasteiger partial charge on any atom is 0.191 e. The molecule has 2 N–H and O–H groups in total. The topological polar surface area (TPSA) is 54.9 Å². The standard InChI is InChI=1S/C21H30BrN3O2.HI/c1-2-23-20(25-18-13-17-7-8-19(18)27-17)24-14-21(9-11-26-12-10-21)15-3-5-16(22)6-4-15;/h3-6,17-19H,2,7-14H2,1H3,(H2,23,24,25);1H. The zero-order valence-corrected chi connectivity index (χ0v) is 20.4. The monoisotopic (exact) mass is 563 g/mol. The van der Waals surface area contributed by atoms with E-state index in [4.69, 9.17) is 14.5 Å². The zero-order valence-electron chi connectivity index (χ0n) is 16.5. The van der Waals surface area contributed by atoms with E-state index in [2.05, 4.69) is 57.8 Å². The number of rotatable bonds is 5. The van der Waals surface area contributed by atoms with Gasteiger partial charge in [0.1, 0.15) is 0 Å². The number of hydrogen-bond donors (Lipinski definition) is 2. The van der Waals surface area contributed by atoms with Gasteiger partial charge in [-0.05, 0) is 56.7 Å². The van der Waals surface area contributed by atoms with Crippen LogP contribution in [0.15, 0.2) is 33.7 Å². The Kier molecular flexibility index (Phi) is 8.04. The highest BCUT2D eigenvalue weighted by molar-refractivity contribution is 14.0. The maximum absolute atomic E-state index is 5.99. The van der Waals surface area contributed by atoms with E-state index >= 15 is 0 Å². The van der Waals surface area contributed by atoms with Crippen molar-refractivity contribution in [1.29, 1.82) is 0 Å². The normalized spacial score (nSPS) is 28.6. The fourth-order valence-electron chi connectivity index (χ4n) is 4.62. The first-order chi connectivity index (χ1) is 13.2. The van der Waals surface area contributed by atoms with E-state index in [9.17, 15) is 0 Å². The number of guanidine groups is 1. The van der Waals surface area contributed by atoms with Crippen molar-refractivity contribution in [3.05, 3.63) is 34.3 Å². The van der Waals surface area contributed by atoms with Crippen LogP contribution in [0.2, 0.25) is 0 Å². The Balaban J connectivity index is 0.00000225. The molecule has 3 heterocycles. The molecule has 0 radical (unpaired) electrons. The van der Waals surface area contributed by atoms with Gasteiger partial charge in [0.15, 0.2) is 5.96 Å². The van der Waals surface area contributed by atoms with Crippen molar-refractivity contribution in [2.75, 3.05) is 26.3 Å². The Labute approximate surface area is 193 Å². The van der Waals surface area contributed by atoms with Crippen LogP contribution in [0.5, 0.6) is 0 Å². The van der Waals surface area contributed by atoms with Gasteiger partial charge < -0.3 is 20.1 Å². The molecule has 0 amide bonds. The minimum absolute atomic E-state index is 0. The quantitative estimate of drug-likeness (QED) is 0.323. The minimum atomic E-state index is 0. The lowest BCUT2D eigenvalue weighted by molar-refractivity contribution is 0.0531. The summed E-state index contributed by atoms with van der Waals surface area (Å²) < 4.78 is 12.8. The number of fused-ring (bicyclic) bond motifs is 2. The first-order valence-corrected chi connectivity index (χ1v) is 11.0. The van der Waals surface area contributed by atoms with Gasteiger partial charge in [0.05, 0.1) is 24.8 Å². The Morgan fingerprint density at radius 2 is 1.96 bits per heavy atom. The lowest BCUT2D eigenvalue weighted by atomic mass is 9.74. The molecule has 156 valence electrons. The van der Waals surface area contributed by atoms with Crippen molar-refractivity contribution in [1.82, 2.24) is 10.6 Å². The smallest absolute Gasteiger partial charge is 0.191 e. The van der Waals surface area contributed by atoms with Crippen molar-refractivity contribution in [2.24, 2.45) is 4.99 Å². The Hall–Kier alpha value is -0.380. The maximum atomic E-state index is 5.99. The molecule has 3 atom stereocenters. The number of benzene rings is 1. The molecule has 0 saturated carbocycles. The fraction of sp³-hybridized carbons (Fsp3) is 0.667. The van der Waals surface area contributed by atoms with E-state index < -0.39 is 0 Å². The molecule has 2 bridgehead atoms. The molecule has 4 rings (SSSR count). The molecule has 1 aromatic carbocycles. The van der Waals surface area contributed by atoms with E-state index in [-0.39, 0.29) is 29.4 Å². The average Bonchev–Trinajstić information content (AvgIpc) is 3.31. The van der Waals surface area contributed by atoms with E-state index in [1.807, 2.05) is 0 Å². The molecule has 3 saturated heterocycles. The number of halogens is 2. The minimum Gasteiger partial charge on any atom is -0.381 e. The van der Waals surface area contributed by atoms with Gasteiger partial charge in [-0.1, -0.05) is 28.1 Å². The molecule has 28 heavy (non-hydrogen) atoms. The summed E-state index contributed by atoms with van der Waals surface area (Å²) in [5.74, 6) is 0.918. The number of nitrogens with one attached hydrogen (secondary N) is 2. The third-order valence-electron chi connectivity index (χ3n) is 6.22. The summed E-state index contributed by atoms with van der Waals surface area (Å²) in [4.78, 5) is 5.03. The van der Waals surface area contributed by atoms with Crippen LogP contribution < -0.4 is 10.6 Å². The van der Waals surface area contributed by atoms with Crippen LogP contribution in [-0.2, 0) is 14.9 Å².